The third kappa shape index (κ3) is 2.83. The van der Waals surface area contributed by atoms with Crippen LogP contribution in [0.4, 0.5) is 0 Å². The van der Waals surface area contributed by atoms with Gasteiger partial charge in [0.25, 0.3) is 11.8 Å². The zero-order chi connectivity index (χ0) is 16.5. The topological polar surface area (TPSA) is 92.8 Å². The molecule has 0 aromatic heterocycles. The lowest BCUT2D eigenvalue weighted by Crippen LogP contribution is -2.43. The second kappa shape index (κ2) is 5.59. The highest BCUT2D eigenvalue weighted by atomic mass is 16.7. The van der Waals surface area contributed by atoms with E-state index in [1.54, 1.807) is 26.0 Å². The molecule has 0 radical (unpaired) electrons. The van der Waals surface area contributed by atoms with Crippen molar-refractivity contribution in [2.75, 3.05) is 6.54 Å². The number of imide groups is 1. The summed E-state index contributed by atoms with van der Waals surface area (Å²) in [6, 6.07) is 6.23. The number of benzene rings is 1. The Morgan fingerprint density at radius 3 is 2.09 bits per heavy atom. The average molecular weight is 304 g/mol. The summed E-state index contributed by atoms with van der Waals surface area (Å²) >= 11 is 0. The largest absolute Gasteiger partial charge is 0.355 e. The molecule has 2 rings (SSSR count). The lowest BCUT2D eigenvalue weighted by molar-refractivity contribution is -0.179. The van der Waals surface area contributed by atoms with E-state index in [0.717, 1.165) is 0 Å². The Balaban J connectivity index is 2.12. The standard InChI is InChI=1S/C15H16N2O5/c1-9(18)16-8-15(2,3)14(21)22-17-12(19)10-6-4-5-7-11(10)13(17)20/h4-7H,8H2,1-3H3,(H,16,18). The molecule has 0 saturated carbocycles. The smallest absolute Gasteiger partial charge is 0.340 e. The molecule has 0 aliphatic carbocycles. The highest BCUT2D eigenvalue weighted by Crippen LogP contribution is 2.25. The second-order valence-electron chi connectivity index (χ2n) is 5.62. The number of carbonyl (C=O) groups excluding carboxylic acids is 4. The van der Waals surface area contributed by atoms with Gasteiger partial charge in [-0.15, -0.1) is 0 Å². The van der Waals surface area contributed by atoms with Crippen LogP contribution in [0.5, 0.6) is 0 Å². The van der Waals surface area contributed by atoms with Crippen molar-refractivity contribution in [1.82, 2.24) is 10.4 Å². The van der Waals surface area contributed by atoms with Crippen LogP contribution in [0.1, 0.15) is 41.5 Å². The van der Waals surface area contributed by atoms with Crippen LogP contribution in [0.15, 0.2) is 24.3 Å². The van der Waals surface area contributed by atoms with Crippen molar-refractivity contribution >= 4 is 23.7 Å². The Labute approximate surface area is 127 Å². The zero-order valence-corrected chi connectivity index (χ0v) is 12.5. The molecule has 0 bridgehead atoms. The van der Waals surface area contributed by atoms with Gasteiger partial charge in [0.05, 0.1) is 16.5 Å². The first-order valence-corrected chi connectivity index (χ1v) is 6.68. The molecule has 22 heavy (non-hydrogen) atoms. The van der Waals surface area contributed by atoms with Crippen molar-refractivity contribution in [3.63, 3.8) is 0 Å². The Morgan fingerprint density at radius 2 is 1.64 bits per heavy atom. The van der Waals surface area contributed by atoms with Crippen molar-refractivity contribution < 1.29 is 24.0 Å². The maximum absolute atomic E-state index is 12.2. The van der Waals surface area contributed by atoms with Crippen molar-refractivity contribution in [2.24, 2.45) is 5.41 Å². The van der Waals surface area contributed by atoms with Gasteiger partial charge in [-0.1, -0.05) is 17.2 Å². The minimum atomic E-state index is -1.08. The van der Waals surface area contributed by atoms with Crippen LogP contribution in [0.25, 0.3) is 0 Å². The van der Waals surface area contributed by atoms with Crippen LogP contribution in [-0.2, 0) is 14.4 Å². The Morgan fingerprint density at radius 1 is 1.14 bits per heavy atom. The maximum atomic E-state index is 12.2. The van der Waals surface area contributed by atoms with E-state index in [1.165, 1.54) is 19.1 Å². The van der Waals surface area contributed by atoms with E-state index in [2.05, 4.69) is 5.32 Å². The van der Waals surface area contributed by atoms with Gasteiger partial charge in [-0.05, 0) is 26.0 Å². The Hall–Kier alpha value is -2.70. The number of nitrogens with zero attached hydrogens (tertiary/aromatic N) is 1. The molecule has 1 aliphatic rings. The minimum absolute atomic E-state index is 0.0321. The lowest BCUT2D eigenvalue weighted by atomic mass is 9.94. The Kier molecular flexibility index (Phi) is 3.99. The fraction of sp³-hybridized carbons (Fsp3) is 0.333. The van der Waals surface area contributed by atoms with Crippen LogP contribution in [0.2, 0.25) is 0 Å². The van der Waals surface area contributed by atoms with E-state index in [9.17, 15) is 19.2 Å². The molecular weight excluding hydrogens is 288 g/mol. The van der Waals surface area contributed by atoms with Crippen LogP contribution in [0, 0.1) is 5.41 Å². The molecular formula is C15H16N2O5. The molecule has 0 unspecified atom stereocenters. The first-order chi connectivity index (χ1) is 10.2. The first-order valence-electron chi connectivity index (χ1n) is 6.68. The predicted octanol–water partition coefficient (Wildman–Crippen LogP) is 0.903. The highest BCUT2D eigenvalue weighted by molar-refractivity contribution is 6.20. The first kappa shape index (κ1) is 15.7. The zero-order valence-electron chi connectivity index (χ0n) is 12.5. The molecule has 7 nitrogen and oxygen atoms in total. The molecule has 1 N–H and O–H groups in total. The lowest BCUT2D eigenvalue weighted by Gasteiger charge is -2.24. The van der Waals surface area contributed by atoms with Gasteiger partial charge in [-0.25, -0.2) is 4.79 Å². The fourth-order valence-corrected chi connectivity index (χ4v) is 1.87. The van der Waals surface area contributed by atoms with Crippen molar-refractivity contribution in [3.8, 4) is 0 Å². The highest BCUT2D eigenvalue weighted by Gasteiger charge is 2.41. The molecule has 1 aliphatic heterocycles. The van der Waals surface area contributed by atoms with Crippen molar-refractivity contribution in [1.29, 1.82) is 0 Å². The summed E-state index contributed by atoms with van der Waals surface area (Å²) in [5.74, 6) is -2.43. The normalized spacial score (nSPS) is 13.9. The van der Waals surface area contributed by atoms with Crippen LogP contribution >= 0.6 is 0 Å². The third-order valence-corrected chi connectivity index (χ3v) is 3.26. The summed E-state index contributed by atoms with van der Waals surface area (Å²) in [4.78, 5) is 52.2. The summed E-state index contributed by atoms with van der Waals surface area (Å²) in [5.41, 5.74) is -0.694. The molecule has 0 spiro atoms. The summed E-state index contributed by atoms with van der Waals surface area (Å²) in [7, 11) is 0. The van der Waals surface area contributed by atoms with E-state index < -0.39 is 23.2 Å². The molecule has 1 aromatic rings. The van der Waals surface area contributed by atoms with E-state index >= 15 is 0 Å². The number of hydrogen-bond donors (Lipinski definition) is 1. The molecule has 0 fully saturated rings. The predicted molar refractivity (Wildman–Crippen MR) is 75.5 cm³/mol. The number of nitrogens with one attached hydrogen (secondary N) is 1. The molecule has 0 saturated heterocycles. The number of rotatable bonds is 4. The number of hydroxylamine groups is 2. The number of fused-ring (bicyclic) bond motifs is 1. The van der Waals surface area contributed by atoms with Gasteiger partial charge < -0.3 is 10.2 Å². The van der Waals surface area contributed by atoms with E-state index in [0.29, 0.717) is 5.06 Å². The van der Waals surface area contributed by atoms with E-state index in [1.807, 2.05) is 0 Å². The van der Waals surface area contributed by atoms with Gasteiger partial charge in [0, 0.05) is 13.5 Å². The van der Waals surface area contributed by atoms with Crippen molar-refractivity contribution in [3.05, 3.63) is 35.4 Å². The minimum Gasteiger partial charge on any atom is -0.355 e. The van der Waals surface area contributed by atoms with Crippen molar-refractivity contribution in [2.45, 2.75) is 20.8 Å². The number of carbonyl (C=O) groups is 4. The average Bonchev–Trinajstić information content (AvgIpc) is 2.71. The summed E-state index contributed by atoms with van der Waals surface area (Å²) in [5, 5.41) is 2.96. The van der Waals surface area contributed by atoms with Gasteiger partial charge in [-0.2, -0.15) is 0 Å². The molecule has 1 aromatic carbocycles. The van der Waals surface area contributed by atoms with Crippen LogP contribution in [0.3, 0.4) is 0 Å². The van der Waals surface area contributed by atoms with Gasteiger partial charge in [0.15, 0.2) is 0 Å². The van der Waals surface area contributed by atoms with Gasteiger partial charge in [-0.3, -0.25) is 14.4 Å². The Bertz CT molecular complexity index is 631. The van der Waals surface area contributed by atoms with Crippen LogP contribution in [-0.4, -0.2) is 35.3 Å². The van der Waals surface area contributed by atoms with Crippen LogP contribution < -0.4 is 5.32 Å². The van der Waals surface area contributed by atoms with Gasteiger partial charge in [0.1, 0.15) is 0 Å². The third-order valence-electron chi connectivity index (χ3n) is 3.26. The fourth-order valence-electron chi connectivity index (χ4n) is 1.87. The second-order valence-corrected chi connectivity index (χ2v) is 5.62. The maximum Gasteiger partial charge on any atom is 0.340 e. The van der Waals surface area contributed by atoms with E-state index in [4.69, 9.17) is 4.84 Å². The quantitative estimate of drug-likeness (QED) is 0.834. The van der Waals surface area contributed by atoms with E-state index in [-0.39, 0.29) is 23.6 Å². The molecule has 1 heterocycles. The van der Waals surface area contributed by atoms with Gasteiger partial charge in [0.2, 0.25) is 5.91 Å². The SMILES string of the molecule is CC(=O)NCC(C)(C)C(=O)ON1C(=O)c2ccccc2C1=O. The molecule has 7 heteroatoms. The summed E-state index contributed by atoms with van der Waals surface area (Å²) in [6.45, 7) is 4.45. The monoisotopic (exact) mass is 304 g/mol. The molecule has 0 atom stereocenters. The molecule has 116 valence electrons. The van der Waals surface area contributed by atoms with Gasteiger partial charge >= 0.3 is 5.97 Å². The molecule has 3 amide bonds. The number of hydrogen-bond acceptors (Lipinski definition) is 5. The summed E-state index contributed by atoms with van der Waals surface area (Å²) < 4.78 is 0. The summed E-state index contributed by atoms with van der Waals surface area (Å²) in [6.07, 6.45) is 0. The number of amides is 3.